The fourth-order valence-corrected chi connectivity index (χ4v) is 4.53. The summed E-state index contributed by atoms with van der Waals surface area (Å²) in [7, 11) is -2.39. The Hall–Kier alpha value is -1.60. The third-order valence-electron chi connectivity index (χ3n) is 5.31. The van der Waals surface area contributed by atoms with Gasteiger partial charge in [-0.3, -0.25) is 4.79 Å². The van der Waals surface area contributed by atoms with Crippen molar-refractivity contribution < 1.29 is 17.9 Å². The first-order valence-corrected chi connectivity index (χ1v) is 9.95. The molecule has 0 bridgehead atoms. The maximum atomic E-state index is 12.9. The highest BCUT2D eigenvalue weighted by molar-refractivity contribution is 7.89. The molecule has 7 heteroatoms. The van der Waals surface area contributed by atoms with Crippen LogP contribution in [0, 0.1) is 11.8 Å². The fraction of sp³-hybridized carbons (Fsp3) is 0.588. The van der Waals surface area contributed by atoms with E-state index in [1.807, 2.05) is 4.90 Å². The number of piperidine rings is 1. The van der Waals surface area contributed by atoms with E-state index in [9.17, 15) is 13.2 Å². The monoisotopic (exact) mass is 352 g/mol. The summed E-state index contributed by atoms with van der Waals surface area (Å²) in [6.07, 6.45) is 5.97. The van der Waals surface area contributed by atoms with E-state index in [1.54, 1.807) is 0 Å². The Morgan fingerprint density at radius 1 is 1.21 bits per heavy atom. The highest BCUT2D eigenvalue weighted by atomic mass is 32.2. The molecule has 2 fully saturated rings. The summed E-state index contributed by atoms with van der Waals surface area (Å²) in [5.41, 5.74) is 0.262. The van der Waals surface area contributed by atoms with Gasteiger partial charge in [-0.05, 0) is 42.9 Å². The summed E-state index contributed by atoms with van der Waals surface area (Å²) >= 11 is 0. The van der Waals surface area contributed by atoms with E-state index in [1.165, 1.54) is 51.0 Å². The van der Waals surface area contributed by atoms with Gasteiger partial charge in [-0.25, -0.2) is 13.6 Å². The normalized spacial score (nSPS) is 24.3. The number of sulfonamides is 1. The number of nitrogens with two attached hydrogens (primary N) is 1. The SMILES string of the molecule is COc1ccc(S(N)(=O)=O)cc1C(=O)N1CC[C@@H]2CCCC[C@H]2C1. The summed E-state index contributed by atoms with van der Waals surface area (Å²) in [5.74, 6) is 1.48. The minimum Gasteiger partial charge on any atom is -0.496 e. The quantitative estimate of drug-likeness (QED) is 0.901. The van der Waals surface area contributed by atoms with Crippen molar-refractivity contribution in [2.45, 2.75) is 37.0 Å². The minimum absolute atomic E-state index is 0.0702. The number of primary sulfonamides is 1. The Labute approximate surface area is 143 Å². The lowest BCUT2D eigenvalue weighted by molar-refractivity contribution is 0.0518. The highest BCUT2D eigenvalue weighted by Crippen LogP contribution is 2.37. The standard InChI is InChI=1S/C17H24N2O4S/c1-23-16-7-6-14(24(18,21)22)10-15(16)17(20)19-9-8-12-4-2-3-5-13(12)11-19/h6-7,10,12-13H,2-5,8-9,11H2,1H3,(H2,18,21,22)/t12-,13-/m0/s1. The maximum Gasteiger partial charge on any atom is 0.257 e. The van der Waals surface area contributed by atoms with E-state index >= 15 is 0 Å². The zero-order chi connectivity index (χ0) is 17.3. The van der Waals surface area contributed by atoms with Crippen LogP contribution in [0.25, 0.3) is 0 Å². The van der Waals surface area contributed by atoms with Crippen LogP contribution >= 0.6 is 0 Å². The van der Waals surface area contributed by atoms with Crippen LogP contribution in [0.15, 0.2) is 23.1 Å². The third kappa shape index (κ3) is 3.42. The molecule has 0 spiro atoms. The molecule has 1 saturated heterocycles. The third-order valence-corrected chi connectivity index (χ3v) is 6.22. The van der Waals surface area contributed by atoms with Crippen molar-refractivity contribution in [3.63, 3.8) is 0 Å². The van der Waals surface area contributed by atoms with E-state index in [4.69, 9.17) is 9.88 Å². The first kappa shape index (κ1) is 17.2. The number of carbonyl (C=O) groups is 1. The van der Waals surface area contributed by atoms with Crippen LogP contribution in [0.4, 0.5) is 0 Å². The maximum absolute atomic E-state index is 12.9. The first-order chi connectivity index (χ1) is 11.4. The van der Waals surface area contributed by atoms with Gasteiger partial charge >= 0.3 is 0 Å². The molecule has 1 aromatic carbocycles. The van der Waals surface area contributed by atoms with E-state index in [0.29, 0.717) is 18.2 Å². The Morgan fingerprint density at radius 2 is 1.92 bits per heavy atom. The summed E-state index contributed by atoms with van der Waals surface area (Å²) < 4.78 is 28.4. The molecule has 2 N–H and O–H groups in total. The Balaban J connectivity index is 1.86. The molecule has 2 aliphatic rings. The Kier molecular flexibility index (Phi) is 4.83. The van der Waals surface area contributed by atoms with Crippen molar-refractivity contribution in [1.29, 1.82) is 0 Å². The zero-order valence-electron chi connectivity index (χ0n) is 13.9. The van der Waals surface area contributed by atoms with E-state index < -0.39 is 10.0 Å². The molecule has 1 saturated carbocycles. The number of carbonyl (C=O) groups excluding carboxylic acids is 1. The number of nitrogens with zero attached hydrogens (tertiary/aromatic N) is 1. The molecule has 0 radical (unpaired) electrons. The molecule has 6 nitrogen and oxygen atoms in total. The average Bonchev–Trinajstić information content (AvgIpc) is 2.59. The van der Waals surface area contributed by atoms with Gasteiger partial charge in [0.05, 0.1) is 17.6 Å². The Morgan fingerprint density at radius 3 is 2.58 bits per heavy atom. The first-order valence-electron chi connectivity index (χ1n) is 8.40. The van der Waals surface area contributed by atoms with Crippen molar-refractivity contribution in [2.24, 2.45) is 17.0 Å². The lowest BCUT2D eigenvalue weighted by Gasteiger charge is -2.41. The smallest absolute Gasteiger partial charge is 0.257 e. The summed E-state index contributed by atoms with van der Waals surface area (Å²) in [5, 5.41) is 5.19. The number of rotatable bonds is 3. The molecule has 24 heavy (non-hydrogen) atoms. The van der Waals surface area contributed by atoms with Gasteiger partial charge in [0.25, 0.3) is 5.91 Å². The van der Waals surface area contributed by atoms with Crippen LogP contribution < -0.4 is 9.88 Å². The fourth-order valence-electron chi connectivity index (χ4n) is 3.99. The van der Waals surface area contributed by atoms with Crippen LogP contribution in [-0.4, -0.2) is 39.4 Å². The summed E-state index contributed by atoms with van der Waals surface area (Å²) in [6.45, 7) is 1.45. The summed E-state index contributed by atoms with van der Waals surface area (Å²) in [4.78, 5) is 14.7. The number of amides is 1. The number of hydrogen-bond acceptors (Lipinski definition) is 4. The molecule has 1 aromatic rings. The predicted octanol–water partition coefficient (Wildman–Crippen LogP) is 1.99. The van der Waals surface area contributed by atoms with Gasteiger partial charge in [0.1, 0.15) is 5.75 Å². The average molecular weight is 352 g/mol. The molecule has 1 heterocycles. The molecule has 0 aromatic heterocycles. The molecular formula is C17H24N2O4S. The Bertz CT molecular complexity index is 732. The predicted molar refractivity (Wildman–Crippen MR) is 90.3 cm³/mol. The number of fused-ring (bicyclic) bond motifs is 1. The number of likely N-dealkylation sites (tertiary alicyclic amines) is 1. The van der Waals surface area contributed by atoms with Crippen molar-refractivity contribution in [1.82, 2.24) is 4.90 Å². The second-order valence-corrected chi connectivity index (χ2v) is 8.31. The lowest BCUT2D eigenvalue weighted by atomic mass is 9.75. The van der Waals surface area contributed by atoms with Gasteiger partial charge in [-0.15, -0.1) is 0 Å². The number of benzene rings is 1. The van der Waals surface area contributed by atoms with E-state index in [-0.39, 0.29) is 16.4 Å². The molecule has 132 valence electrons. The zero-order valence-corrected chi connectivity index (χ0v) is 14.7. The van der Waals surface area contributed by atoms with Crippen LogP contribution in [-0.2, 0) is 10.0 Å². The van der Waals surface area contributed by atoms with Gasteiger partial charge in [-0.1, -0.05) is 19.3 Å². The molecule has 1 amide bonds. The topological polar surface area (TPSA) is 89.7 Å². The van der Waals surface area contributed by atoms with E-state index in [2.05, 4.69) is 0 Å². The number of ether oxygens (including phenoxy) is 1. The molecular weight excluding hydrogens is 328 g/mol. The molecule has 2 atom stereocenters. The lowest BCUT2D eigenvalue weighted by Crippen LogP contribution is -2.44. The van der Waals surface area contributed by atoms with Crippen molar-refractivity contribution in [3.8, 4) is 5.75 Å². The van der Waals surface area contributed by atoms with Crippen molar-refractivity contribution in [3.05, 3.63) is 23.8 Å². The van der Waals surface area contributed by atoms with Gasteiger partial charge < -0.3 is 9.64 Å². The second kappa shape index (κ2) is 6.72. The largest absolute Gasteiger partial charge is 0.496 e. The molecule has 1 aliphatic carbocycles. The van der Waals surface area contributed by atoms with Crippen LogP contribution in [0.5, 0.6) is 5.75 Å². The van der Waals surface area contributed by atoms with Gasteiger partial charge in [0, 0.05) is 13.1 Å². The van der Waals surface area contributed by atoms with Crippen LogP contribution in [0.1, 0.15) is 42.5 Å². The van der Waals surface area contributed by atoms with Crippen LogP contribution in [0.3, 0.4) is 0 Å². The molecule has 0 unspecified atom stereocenters. The number of hydrogen-bond donors (Lipinski definition) is 1. The van der Waals surface area contributed by atoms with Crippen molar-refractivity contribution >= 4 is 15.9 Å². The second-order valence-electron chi connectivity index (χ2n) is 6.75. The van der Waals surface area contributed by atoms with Gasteiger partial charge in [0.2, 0.25) is 10.0 Å². The van der Waals surface area contributed by atoms with Crippen molar-refractivity contribution in [2.75, 3.05) is 20.2 Å². The molecule has 1 aliphatic heterocycles. The summed E-state index contributed by atoms with van der Waals surface area (Å²) in [6, 6.07) is 4.17. The van der Waals surface area contributed by atoms with Gasteiger partial charge in [0.15, 0.2) is 0 Å². The van der Waals surface area contributed by atoms with E-state index in [0.717, 1.165) is 18.9 Å². The minimum atomic E-state index is -3.86. The highest BCUT2D eigenvalue weighted by Gasteiger charge is 2.34. The van der Waals surface area contributed by atoms with Gasteiger partial charge in [-0.2, -0.15) is 0 Å². The van der Waals surface area contributed by atoms with Crippen LogP contribution in [0.2, 0.25) is 0 Å². The number of methoxy groups -OCH3 is 1. The molecule has 3 rings (SSSR count).